The Morgan fingerprint density at radius 3 is 2.18 bits per heavy atom. The molecule has 3 N–H and O–H groups in total. The third kappa shape index (κ3) is 6.17. The molecule has 0 spiro atoms. The Kier molecular flexibility index (Phi) is 7.15. The molecule has 8 heteroatoms. The van der Waals surface area contributed by atoms with E-state index in [1.54, 1.807) is 42.5 Å². The van der Waals surface area contributed by atoms with E-state index in [-0.39, 0.29) is 29.7 Å². The second-order valence-corrected chi connectivity index (χ2v) is 5.84. The van der Waals surface area contributed by atoms with Crippen LogP contribution in [0, 0.1) is 0 Å². The quantitative estimate of drug-likeness (QED) is 0.248. The lowest BCUT2D eigenvalue weighted by atomic mass is 10.0. The van der Waals surface area contributed by atoms with Crippen molar-refractivity contribution in [1.82, 2.24) is 5.32 Å². The van der Waals surface area contributed by atoms with Crippen LogP contribution >= 0.6 is 0 Å². The molecule has 0 aliphatic carbocycles. The number of Topliss-reactive ketones (excluding diaryl/α,β-unsaturated/α-hetero) is 1. The van der Waals surface area contributed by atoms with Crippen LogP contribution in [0.4, 0.5) is 5.69 Å². The zero-order chi connectivity index (χ0) is 20.5. The van der Waals surface area contributed by atoms with Gasteiger partial charge in [-0.15, -0.1) is 0 Å². The van der Waals surface area contributed by atoms with Gasteiger partial charge in [0.1, 0.15) is 5.71 Å². The molecular formula is C20H19N3O5. The topological polar surface area (TPSA) is 128 Å². The van der Waals surface area contributed by atoms with Crippen molar-refractivity contribution in [3.05, 3.63) is 65.7 Å². The minimum atomic E-state index is -0.739. The van der Waals surface area contributed by atoms with Crippen LogP contribution in [-0.2, 0) is 14.4 Å². The van der Waals surface area contributed by atoms with Gasteiger partial charge in [0.15, 0.2) is 0 Å². The number of amides is 2. The minimum Gasteiger partial charge on any atom is -0.399 e. The average Bonchev–Trinajstić information content (AvgIpc) is 2.68. The maximum Gasteiger partial charge on any atom is 0.365 e. The highest BCUT2D eigenvalue weighted by Gasteiger charge is 2.18. The van der Waals surface area contributed by atoms with Gasteiger partial charge in [-0.3, -0.25) is 19.7 Å². The van der Waals surface area contributed by atoms with E-state index in [1.165, 1.54) is 19.1 Å². The van der Waals surface area contributed by atoms with Crippen molar-refractivity contribution in [3.8, 4) is 0 Å². The first kappa shape index (κ1) is 20.5. The standard InChI is InChI=1S/C20H19N3O5/c1-13(24)22-18(25)12-11-17(19(26)14-7-9-16(21)10-8-14)23-28-20(27)15-5-3-2-4-6-15/h2-10H,11-12,21H2,1H3,(H,22,24,25)/b23-17+. The van der Waals surface area contributed by atoms with Gasteiger partial charge in [0.05, 0.1) is 5.56 Å². The summed E-state index contributed by atoms with van der Waals surface area (Å²) in [6.45, 7) is 1.20. The lowest BCUT2D eigenvalue weighted by molar-refractivity contribution is -0.129. The molecule has 0 heterocycles. The van der Waals surface area contributed by atoms with Gasteiger partial charge < -0.3 is 10.6 Å². The fourth-order valence-electron chi connectivity index (χ4n) is 2.22. The normalized spacial score (nSPS) is 10.8. The molecule has 28 heavy (non-hydrogen) atoms. The van der Waals surface area contributed by atoms with Crippen LogP contribution in [0.15, 0.2) is 59.8 Å². The molecular weight excluding hydrogens is 362 g/mol. The zero-order valence-electron chi connectivity index (χ0n) is 15.2. The Hall–Kier alpha value is -3.81. The number of rotatable bonds is 7. The monoisotopic (exact) mass is 381 g/mol. The van der Waals surface area contributed by atoms with E-state index in [9.17, 15) is 19.2 Å². The SMILES string of the molecule is CC(=O)NC(=O)CC/C(=N\OC(=O)c1ccccc1)C(=O)c1ccc(N)cc1. The van der Waals surface area contributed by atoms with Gasteiger partial charge in [-0.25, -0.2) is 4.79 Å². The maximum atomic E-state index is 12.7. The number of ketones is 1. The Bertz CT molecular complexity index is 905. The van der Waals surface area contributed by atoms with E-state index < -0.39 is 23.6 Å². The van der Waals surface area contributed by atoms with Gasteiger partial charge in [0.25, 0.3) is 0 Å². The van der Waals surface area contributed by atoms with E-state index in [4.69, 9.17) is 10.6 Å². The molecule has 0 aliphatic heterocycles. The molecule has 0 bridgehead atoms. The Labute approximate surface area is 161 Å². The van der Waals surface area contributed by atoms with E-state index >= 15 is 0 Å². The first-order valence-electron chi connectivity index (χ1n) is 8.40. The lowest BCUT2D eigenvalue weighted by Gasteiger charge is -2.06. The number of nitrogens with zero attached hydrogens (tertiary/aromatic N) is 1. The molecule has 2 rings (SSSR count). The number of imide groups is 1. The van der Waals surface area contributed by atoms with E-state index in [0.717, 1.165) is 0 Å². The number of benzene rings is 2. The van der Waals surface area contributed by atoms with Crippen molar-refractivity contribution in [3.63, 3.8) is 0 Å². The lowest BCUT2D eigenvalue weighted by Crippen LogP contribution is -2.29. The zero-order valence-corrected chi connectivity index (χ0v) is 15.2. The van der Waals surface area contributed by atoms with Crippen molar-refractivity contribution in [2.75, 3.05) is 5.73 Å². The van der Waals surface area contributed by atoms with E-state index in [0.29, 0.717) is 5.69 Å². The molecule has 0 atom stereocenters. The minimum absolute atomic E-state index is 0.121. The molecule has 0 fully saturated rings. The van der Waals surface area contributed by atoms with Crippen molar-refractivity contribution in [2.45, 2.75) is 19.8 Å². The summed E-state index contributed by atoms with van der Waals surface area (Å²) in [4.78, 5) is 52.3. The molecule has 0 saturated carbocycles. The number of anilines is 1. The number of nitrogens with two attached hydrogens (primary N) is 1. The summed E-state index contributed by atoms with van der Waals surface area (Å²) in [7, 11) is 0. The van der Waals surface area contributed by atoms with Crippen LogP contribution in [0.1, 0.15) is 40.5 Å². The van der Waals surface area contributed by atoms with Gasteiger partial charge in [-0.1, -0.05) is 23.4 Å². The summed E-state index contributed by atoms with van der Waals surface area (Å²) in [6.07, 6.45) is -0.299. The summed E-state index contributed by atoms with van der Waals surface area (Å²) in [5.41, 5.74) is 6.50. The highest BCUT2D eigenvalue weighted by Crippen LogP contribution is 2.10. The summed E-state index contributed by atoms with van der Waals surface area (Å²) >= 11 is 0. The molecule has 2 aromatic rings. The van der Waals surface area contributed by atoms with Crippen LogP contribution < -0.4 is 11.1 Å². The number of carbonyl (C=O) groups excluding carboxylic acids is 4. The third-order valence-electron chi connectivity index (χ3n) is 3.59. The molecule has 0 radical (unpaired) electrons. The predicted octanol–water partition coefficient (Wildman–Crippen LogP) is 2.11. The number of carbonyl (C=O) groups is 4. The van der Waals surface area contributed by atoms with Gasteiger partial charge in [-0.05, 0) is 36.4 Å². The number of oxime groups is 1. The molecule has 2 aromatic carbocycles. The molecule has 0 aliphatic rings. The second kappa shape index (κ2) is 9.77. The second-order valence-electron chi connectivity index (χ2n) is 5.84. The number of nitrogen functional groups attached to an aromatic ring is 1. The van der Waals surface area contributed by atoms with Crippen LogP contribution in [0.25, 0.3) is 0 Å². The molecule has 0 unspecified atom stereocenters. The van der Waals surface area contributed by atoms with Gasteiger partial charge >= 0.3 is 5.97 Å². The van der Waals surface area contributed by atoms with Crippen LogP contribution in [0.3, 0.4) is 0 Å². The summed E-state index contributed by atoms with van der Waals surface area (Å²) < 4.78 is 0. The summed E-state index contributed by atoms with van der Waals surface area (Å²) in [6, 6.07) is 14.2. The third-order valence-corrected chi connectivity index (χ3v) is 3.59. The van der Waals surface area contributed by atoms with Crippen LogP contribution in [0.5, 0.6) is 0 Å². The van der Waals surface area contributed by atoms with Crippen LogP contribution in [-0.4, -0.2) is 29.3 Å². The highest BCUT2D eigenvalue weighted by molar-refractivity contribution is 6.46. The maximum absolute atomic E-state index is 12.7. The Balaban J connectivity index is 2.18. The number of nitrogens with one attached hydrogen (secondary N) is 1. The number of hydrogen-bond acceptors (Lipinski definition) is 7. The van der Waals surface area contributed by atoms with Gasteiger partial charge in [0, 0.05) is 31.0 Å². The summed E-state index contributed by atoms with van der Waals surface area (Å²) in [5.74, 6) is -2.34. The van der Waals surface area contributed by atoms with Crippen molar-refractivity contribution in [1.29, 1.82) is 0 Å². The van der Waals surface area contributed by atoms with Crippen molar-refractivity contribution in [2.24, 2.45) is 5.16 Å². The number of hydrogen-bond donors (Lipinski definition) is 2. The largest absolute Gasteiger partial charge is 0.399 e. The molecule has 0 saturated heterocycles. The van der Waals surface area contributed by atoms with Crippen LogP contribution in [0.2, 0.25) is 0 Å². The predicted molar refractivity (Wildman–Crippen MR) is 103 cm³/mol. The molecule has 2 amide bonds. The highest BCUT2D eigenvalue weighted by atomic mass is 16.7. The van der Waals surface area contributed by atoms with Gasteiger partial charge in [0.2, 0.25) is 17.6 Å². The first-order chi connectivity index (χ1) is 13.4. The molecule has 144 valence electrons. The molecule has 0 aromatic heterocycles. The van der Waals surface area contributed by atoms with Gasteiger partial charge in [-0.2, -0.15) is 0 Å². The van der Waals surface area contributed by atoms with E-state index in [2.05, 4.69) is 10.5 Å². The summed E-state index contributed by atoms with van der Waals surface area (Å²) in [5, 5.41) is 5.78. The van der Waals surface area contributed by atoms with Crippen molar-refractivity contribution < 1.29 is 24.0 Å². The smallest absolute Gasteiger partial charge is 0.365 e. The fraction of sp³-hybridized carbons (Fsp3) is 0.150. The fourth-order valence-corrected chi connectivity index (χ4v) is 2.22. The van der Waals surface area contributed by atoms with Crippen molar-refractivity contribution >= 4 is 35.0 Å². The Morgan fingerprint density at radius 1 is 0.929 bits per heavy atom. The molecule has 8 nitrogen and oxygen atoms in total. The van der Waals surface area contributed by atoms with E-state index in [1.807, 2.05) is 0 Å². The Morgan fingerprint density at radius 2 is 1.57 bits per heavy atom. The first-order valence-corrected chi connectivity index (χ1v) is 8.40. The average molecular weight is 381 g/mol.